The van der Waals surface area contributed by atoms with Crippen molar-refractivity contribution in [1.29, 1.82) is 0 Å². The molecule has 3 aromatic rings. The summed E-state index contributed by atoms with van der Waals surface area (Å²) in [4.78, 5) is 37.9. The lowest BCUT2D eigenvalue weighted by Crippen LogP contribution is -2.42. The third-order valence-electron chi connectivity index (χ3n) is 5.01. The fourth-order valence-corrected chi connectivity index (χ4v) is 4.05. The second-order valence-electron chi connectivity index (χ2n) is 7.32. The van der Waals surface area contributed by atoms with Gasteiger partial charge in [-0.3, -0.25) is 19.8 Å². The molecular weight excluding hydrogens is 500 g/mol. The van der Waals surface area contributed by atoms with E-state index in [1.54, 1.807) is 42.5 Å². The normalized spacial score (nSPS) is 15.5. The Morgan fingerprint density at radius 3 is 2.72 bits per heavy atom. The summed E-state index contributed by atoms with van der Waals surface area (Å²) >= 11 is 9.40. The predicted octanol–water partition coefficient (Wildman–Crippen LogP) is 3.67. The summed E-state index contributed by atoms with van der Waals surface area (Å²) in [5.74, 6) is -2.17. The van der Waals surface area contributed by atoms with Crippen LogP contribution in [0.3, 0.4) is 0 Å². The molecule has 10 heteroatoms. The van der Waals surface area contributed by atoms with Crippen LogP contribution in [-0.4, -0.2) is 41.7 Å². The number of benzene rings is 2. The SMILES string of the molecule is O=C(NC[C@H]1CCCO1)C(=O)Nn1c(C(=O)Nc2cccc(Cl)c2)cc2cc(Br)ccc21. The molecule has 1 aliphatic heterocycles. The van der Waals surface area contributed by atoms with E-state index in [0.29, 0.717) is 28.2 Å². The van der Waals surface area contributed by atoms with Crippen LogP contribution in [0.2, 0.25) is 5.02 Å². The molecule has 0 aliphatic carbocycles. The molecule has 32 heavy (non-hydrogen) atoms. The zero-order valence-corrected chi connectivity index (χ0v) is 19.2. The first kappa shape index (κ1) is 22.3. The van der Waals surface area contributed by atoms with Gasteiger partial charge in [0.15, 0.2) is 0 Å². The van der Waals surface area contributed by atoms with Crippen molar-refractivity contribution >= 4 is 61.8 Å². The van der Waals surface area contributed by atoms with Gasteiger partial charge in [-0.1, -0.05) is 33.6 Å². The smallest absolute Gasteiger partial charge is 0.328 e. The van der Waals surface area contributed by atoms with Gasteiger partial charge in [0.25, 0.3) is 5.91 Å². The van der Waals surface area contributed by atoms with Gasteiger partial charge < -0.3 is 15.4 Å². The zero-order chi connectivity index (χ0) is 22.7. The minimum Gasteiger partial charge on any atom is -0.376 e. The van der Waals surface area contributed by atoms with Crippen molar-refractivity contribution in [2.75, 3.05) is 23.9 Å². The quantitative estimate of drug-likeness (QED) is 0.448. The summed E-state index contributed by atoms with van der Waals surface area (Å²) in [6.07, 6.45) is 1.69. The number of hydrogen-bond acceptors (Lipinski definition) is 4. The van der Waals surface area contributed by atoms with E-state index in [1.807, 2.05) is 6.07 Å². The highest BCUT2D eigenvalue weighted by molar-refractivity contribution is 9.10. The summed E-state index contributed by atoms with van der Waals surface area (Å²) in [7, 11) is 0. The Hall–Kier alpha value is -2.88. The van der Waals surface area contributed by atoms with Gasteiger partial charge in [0.1, 0.15) is 5.69 Å². The largest absolute Gasteiger partial charge is 0.376 e. The van der Waals surface area contributed by atoms with Crippen LogP contribution >= 0.6 is 27.5 Å². The maximum Gasteiger partial charge on any atom is 0.328 e. The molecule has 8 nitrogen and oxygen atoms in total. The molecule has 4 rings (SSSR count). The number of ether oxygens (including phenoxy) is 1. The van der Waals surface area contributed by atoms with Crippen molar-refractivity contribution in [2.24, 2.45) is 0 Å². The van der Waals surface area contributed by atoms with E-state index in [0.717, 1.165) is 17.3 Å². The molecule has 0 radical (unpaired) electrons. The molecule has 1 aromatic heterocycles. The molecule has 3 N–H and O–H groups in total. The van der Waals surface area contributed by atoms with Crippen LogP contribution in [0.25, 0.3) is 10.9 Å². The van der Waals surface area contributed by atoms with E-state index < -0.39 is 17.7 Å². The molecule has 0 spiro atoms. The molecule has 0 saturated carbocycles. The average molecular weight is 520 g/mol. The molecule has 166 valence electrons. The first-order valence-electron chi connectivity index (χ1n) is 9.99. The van der Waals surface area contributed by atoms with Gasteiger partial charge >= 0.3 is 11.8 Å². The number of carbonyl (C=O) groups excluding carboxylic acids is 3. The lowest BCUT2D eigenvalue weighted by molar-refractivity contribution is -0.136. The number of fused-ring (bicyclic) bond motifs is 1. The number of amides is 3. The number of nitrogens with one attached hydrogen (secondary N) is 3. The van der Waals surface area contributed by atoms with E-state index in [2.05, 4.69) is 32.0 Å². The van der Waals surface area contributed by atoms with Gasteiger partial charge in [0.2, 0.25) is 0 Å². The Kier molecular flexibility index (Phi) is 6.78. The van der Waals surface area contributed by atoms with Crippen LogP contribution in [0.4, 0.5) is 5.69 Å². The van der Waals surface area contributed by atoms with Gasteiger partial charge in [0, 0.05) is 33.7 Å². The Morgan fingerprint density at radius 1 is 1.12 bits per heavy atom. The van der Waals surface area contributed by atoms with Crippen LogP contribution in [0.1, 0.15) is 23.3 Å². The molecule has 0 unspecified atom stereocenters. The van der Waals surface area contributed by atoms with Crippen LogP contribution in [0, 0.1) is 0 Å². The maximum absolute atomic E-state index is 13.0. The minimum atomic E-state index is -0.889. The maximum atomic E-state index is 13.0. The summed E-state index contributed by atoms with van der Waals surface area (Å²) < 4.78 is 7.57. The van der Waals surface area contributed by atoms with Crippen LogP contribution in [0.5, 0.6) is 0 Å². The van der Waals surface area contributed by atoms with Gasteiger partial charge in [0.05, 0.1) is 11.6 Å². The van der Waals surface area contributed by atoms with Crippen molar-refractivity contribution in [3.8, 4) is 0 Å². The van der Waals surface area contributed by atoms with Crippen molar-refractivity contribution in [2.45, 2.75) is 18.9 Å². The summed E-state index contributed by atoms with van der Waals surface area (Å²) in [6.45, 7) is 0.913. The molecule has 0 bridgehead atoms. The first-order chi connectivity index (χ1) is 15.4. The Morgan fingerprint density at radius 2 is 1.97 bits per heavy atom. The molecular formula is C22H20BrClN4O4. The lowest BCUT2D eigenvalue weighted by atomic mass is 10.2. The third-order valence-corrected chi connectivity index (χ3v) is 5.74. The standard InChI is InChI=1S/C22H20BrClN4O4/c23-14-6-7-18-13(9-14)10-19(20(29)26-16-4-1-3-15(24)11-16)28(18)27-22(31)21(30)25-12-17-5-2-8-32-17/h1,3-4,6-7,9-11,17H,2,5,8,12H2,(H,25,30)(H,26,29)(H,27,31)/t17-/m1/s1. The molecule has 1 aliphatic rings. The number of halogens is 2. The summed E-state index contributed by atoms with van der Waals surface area (Å²) in [5.41, 5.74) is 3.74. The molecule has 1 atom stereocenters. The fourth-order valence-electron chi connectivity index (χ4n) is 3.48. The monoisotopic (exact) mass is 518 g/mol. The van der Waals surface area contributed by atoms with E-state index in [9.17, 15) is 14.4 Å². The van der Waals surface area contributed by atoms with E-state index in [1.165, 1.54) is 4.68 Å². The van der Waals surface area contributed by atoms with E-state index >= 15 is 0 Å². The van der Waals surface area contributed by atoms with Crippen molar-refractivity contribution in [3.05, 3.63) is 63.7 Å². The fraction of sp³-hybridized carbons (Fsp3) is 0.227. The number of rotatable bonds is 5. The first-order valence-corrected chi connectivity index (χ1v) is 11.2. The van der Waals surface area contributed by atoms with Crippen LogP contribution < -0.4 is 16.1 Å². The van der Waals surface area contributed by atoms with Crippen molar-refractivity contribution in [3.63, 3.8) is 0 Å². The molecule has 2 aromatic carbocycles. The Labute approximate surface area is 197 Å². The molecule has 2 heterocycles. The highest BCUT2D eigenvalue weighted by Gasteiger charge is 2.23. The van der Waals surface area contributed by atoms with Gasteiger partial charge in [-0.2, -0.15) is 0 Å². The number of anilines is 1. The van der Waals surface area contributed by atoms with Crippen molar-refractivity contribution in [1.82, 2.24) is 9.99 Å². The molecule has 1 saturated heterocycles. The zero-order valence-electron chi connectivity index (χ0n) is 16.9. The number of nitrogens with zero attached hydrogens (tertiary/aromatic N) is 1. The van der Waals surface area contributed by atoms with Gasteiger partial charge in [-0.25, -0.2) is 4.68 Å². The average Bonchev–Trinajstić information content (AvgIpc) is 3.40. The van der Waals surface area contributed by atoms with Gasteiger partial charge in [-0.05, 0) is 55.3 Å². The van der Waals surface area contributed by atoms with Crippen LogP contribution in [0.15, 0.2) is 53.0 Å². The van der Waals surface area contributed by atoms with Crippen LogP contribution in [-0.2, 0) is 14.3 Å². The highest BCUT2D eigenvalue weighted by atomic mass is 79.9. The second-order valence-corrected chi connectivity index (χ2v) is 8.67. The van der Waals surface area contributed by atoms with E-state index in [-0.39, 0.29) is 18.3 Å². The summed E-state index contributed by atoms with van der Waals surface area (Å²) in [6, 6.07) is 13.7. The van der Waals surface area contributed by atoms with E-state index in [4.69, 9.17) is 16.3 Å². The molecule has 3 amide bonds. The third kappa shape index (κ3) is 5.12. The number of hydrogen-bond donors (Lipinski definition) is 3. The topological polar surface area (TPSA) is 101 Å². The highest BCUT2D eigenvalue weighted by Crippen LogP contribution is 2.24. The lowest BCUT2D eigenvalue weighted by Gasteiger charge is -2.14. The number of aromatic nitrogens is 1. The Balaban J connectivity index is 1.56. The second kappa shape index (κ2) is 9.72. The van der Waals surface area contributed by atoms with Crippen molar-refractivity contribution < 1.29 is 19.1 Å². The minimum absolute atomic E-state index is 0.0875. The van der Waals surface area contributed by atoms with Gasteiger partial charge in [-0.15, -0.1) is 0 Å². The Bertz CT molecular complexity index is 1190. The number of carbonyl (C=O) groups is 3. The summed E-state index contributed by atoms with van der Waals surface area (Å²) in [5, 5.41) is 6.51. The molecule has 1 fully saturated rings. The predicted molar refractivity (Wildman–Crippen MR) is 125 cm³/mol.